The van der Waals surface area contributed by atoms with Gasteiger partial charge in [-0.15, -0.1) is 0 Å². The number of aryl methyl sites for hydroxylation is 1. The van der Waals surface area contributed by atoms with Crippen molar-refractivity contribution in [3.8, 4) is 0 Å². The summed E-state index contributed by atoms with van der Waals surface area (Å²) in [5.74, 6) is -0.200. The van der Waals surface area contributed by atoms with Crippen molar-refractivity contribution in [2.24, 2.45) is 0 Å². The number of nitrogens with two attached hydrogens (primary N) is 1. The van der Waals surface area contributed by atoms with Crippen LogP contribution in [0.3, 0.4) is 0 Å². The number of hydrogen-bond donors (Lipinski definition) is 3. The summed E-state index contributed by atoms with van der Waals surface area (Å²) in [5.41, 5.74) is 6.92. The molecule has 7 heteroatoms. The third kappa shape index (κ3) is 4.01. The SMILES string of the molecule is CC(=O)NCCNS(=O)(=O)c1ccc(C)c(N)c1. The van der Waals surface area contributed by atoms with E-state index >= 15 is 0 Å². The van der Waals surface area contributed by atoms with Crippen LogP contribution in [-0.2, 0) is 14.8 Å². The molecule has 100 valence electrons. The van der Waals surface area contributed by atoms with Crippen LogP contribution >= 0.6 is 0 Å². The van der Waals surface area contributed by atoms with Gasteiger partial charge in [-0.05, 0) is 24.6 Å². The van der Waals surface area contributed by atoms with Crippen LogP contribution in [0.5, 0.6) is 0 Å². The summed E-state index contributed by atoms with van der Waals surface area (Å²) in [6.07, 6.45) is 0. The molecule has 18 heavy (non-hydrogen) atoms. The molecular weight excluding hydrogens is 254 g/mol. The van der Waals surface area contributed by atoms with Gasteiger partial charge < -0.3 is 11.1 Å². The van der Waals surface area contributed by atoms with E-state index in [9.17, 15) is 13.2 Å². The maximum absolute atomic E-state index is 11.9. The van der Waals surface area contributed by atoms with Gasteiger partial charge in [0.2, 0.25) is 15.9 Å². The zero-order chi connectivity index (χ0) is 13.8. The van der Waals surface area contributed by atoms with Crippen molar-refractivity contribution in [1.82, 2.24) is 10.0 Å². The lowest BCUT2D eigenvalue weighted by molar-refractivity contribution is -0.118. The molecule has 0 unspecified atom stereocenters. The van der Waals surface area contributed by atoms with Crippen molar-refractivity contribution in [3.63, 3.8) is 0 Å². The molecule has 0 saturated heterocycles. The van der Waals surface area contributed by atoms with E-state index in [0.717, 1.165) is 5.56 Å². The van der Waals surface area contributed by atoms with Crippen LogP contribution in [0, 0.1) is 6.92 Å². The molecule has 0 radical (unpaired) electrons. The highest BCUT2D eigenvalue weighted by Gasteiger charge is 2.13. The first-order valence-electron chi connectivity index (χ1n) is 5.43. The van der Waals surface area contributed by atoms with Crippen molar-refractivity contribution in [2.45, 2.75) is 18.7 Å². The molecular formula is C11H17N3O3S. The second-order valence-corrected chi connectivity index (χ2v) is 5.67. The largest absolute Gasteiger partial charge is 0.398 e. The average molecular weight is 271 g/mol. The standard InChI is InChI=1S/C11H17N3O3S/c1-8-3-4-10(7-11(8)12)18(16,17)14-6-5-13-9(2)15/h3-4,7,14H,5-6,12H2,1-2H3,(H,13,15). The molecule has 1 aromatic rings. The van der Waals surface area contributed by atoms with Crippen LogP contribution in [0.1, 0.15) is 12.5 Å². The van der Waals surface area contributed by atoms with Crippen LogP contribution in [0.4, 0.5) is 5.69 Å². The summed E-state index contributed by atoms with van der Waals surface area (Å²) in [7, 11) is -3.58. The molecule has 0 aliphatic heterocycles. The fraction of sp³-hybridized carbons (Fsp3) is 0.364. The van der Waals surface area contributed by atoms with E-state index in [1.165, 1.54) is 19.1 Å². The Bertz CT molecular complexity index is 540. The van der Waals surface area contributed by atoms with Gasteiger partial charge in [0.25, 0.3) is 0 Å². The number of anilines is 1. The van der Waals surface area contributed by atoms with Crippen molar-refractivity contribution in [1.29, 1.82) is 0 Å². The quantitative estimate of drug-likeness (QED) is 0.518. The van der Waals surface area contributed by atoms with Crippen molar-refractivity contribution in [2.75, 3.05) is 18.8 Å². The number of benzene rings is 1. The Morgan fingerprint density at radius 3 is 2.56 bits per heavy atom. The molecule has 4 N–H and O–H groups in total. The molecule has 0 aliphatic carbocycles. The van der Waals surface area contributed by atoms with E-state index in [2.05, 4.69) is 10.0 Å². The van der Waals surface area contributed by atoms with Gasteiger partial charge in [-0.3, -0.25) is 4.79 Å². The van der Waals surface area contributed by atoms with Crippen LogP contribution < -0.4 is 15.8 Å². The lowest BCUT2D eigenvalue weighted by Crippen LogP contribution is -2.33. The number of amides is 1. The summed E-state index contributed by atoms with van der Waals surface area (Å²) in [6.45, 7) is 3.55. The number of hydrogen-bond acceptors (Lipinski definition) is 4. The van der Waals surface area contributed by atoms with Gasteiger partial charge >= 0.3 is 0 Å². The normalized spacial score (nSPS) is 11.2. The third-order valence-electron chi connectivity index (χ3n) is 2.35. The van der Waals surface area contributed by atoms with Crippen molar-refractivity contribution < 1.29 is 13.2 Å². The smallest absolute Gasteiger partial charge is 0.240 e. The van der Waals surface area contributed by atoms with E-state index in [1.54, 1.807) is 13.0 Å². The predicted octanol–water partition coefficient (Wildman–Crippen LogP) is -0.00838. The summed E-state index contributed by atoms with van der Waals surface area (Å²) in [6, 6.07) is 4.56. The van der Waals surface area contributed by atoms with Gasteiger partial charge in [-0.1, -0.05) is 6.07 Å². The number of nitrogen functional groups attached to an aromatic ring is 1. The second kappa shape index (κ2) is 5.83. The first kappa shape index (κ1) is 14.5. The molecule has 1 rings (SSSR count). The maximum Gasteiger partial charge on any atom is 0.240 e. The van der Waals surface area contributed by atoms with E-state index < -0.39 is 10.0 Å². The van der Waals surface area contributed by atoms with E-state index in [4.69, 9.17) is 5.73 Å². The fourth-order valence-corrected chi connectivity index (χ4v) is 2.36. The molecule has 0 aliphatic rings. The van der Waals surface area contributed by atoms with Gasteiger partial charge in [0.05, 0.1) is 4.90 Å². The van der Waals surface area contributed by atoms with Crippen molar-refractivity contribution in [3.05, 3.63) is 23.8 Å². The molecule has 0 bridgehead atoms. The second-order valence-electron chi connectivity index (χ2n) is 3.90. The highest BCUT2D eigenvalue weighted by Crippen LogP contribution is 2.16. The van der Waals surface area contributed by atoms with Crippen LogP contribution in [0.25, 0.3) is 0 Å². The third-order valence-corrected chi connectivity index (χ3v) is 3.81. The predicted molar refractivity (Wildman–Crippen MR) is 69.5 cm³/mol. The minimum atomic E-state index is -3.58. The summed E-state index contributed by atoms with van der Waals surface area (Å²) >= 11 is 0. The first-order chi connectivity index (χ1) is 8.33. The molecule has 0 fully saturated rings. The number of carbonyl (C=O) groups excluding carboxylic acids is 1. The molecule has 0 atom stereocenters. The lowest BCUT2D eigenvalue weighted by atomic mass is 10.2. The minimum absolute atomic E-state index is 0.119. The first-order valence-corrected chi connectivity index (χ1v) is 6.91. The van der Waals surface area contributed by atoms with E-state index in [1.807, 2.05) is 0 Å². The summed E-state index contributed by atoms with van der Waals surface area (Å²) in [5, 5.41) is 2.50. The maximum atomic E-state index is 11.9. The van der Waals surface area contributed by atoms with Crippen LogP contribution in [-0.4, -0.2) is 27.4 Å². The van der Waals surface area contributed by atoms with Gasteiger partial charge in [-0.2, -0.15) is 0 Å². The zero-order valence-electron chi connectivity index (χ0n) is 10.4. The topological polar surface area (TPSA) is 101 Å². The Hall–Kier alpha value is -1.60. The number of carbonyl (C=O) groups is 1. The Kier molecular flexibility index (Phi) is 4.69. The van der Waals surface area contributed by atoms with Gasteiger partial charge in [0.15, 0.2) is 0 Å². The molecule has 0 heterocycles. The number of rotatable bonds is 5. The highest BCUT2D eigenvalue weighted by molar-refractivity contribution is 7.89. The Balaban J connectivity index is 2.68. The molecule has 0 saturated carbocycles. The molecule has 0 spiro atoms. The molecule has 1 amide bonds. The lowest BCUT2D eigenvalue weighted by Gasteiger charge is -2.08. The molecule has 6 nitrogen and oxygen atoms in total. The number of nitrogens with one attached hydrogen (secondary N) is 2. The monoisotopic (exact) mass is 271 g/mol. The minimum Gasteiger partial charge on any atom is -0.398 e. The Morgan fingerprint density at radius 1 is 1.33 bits per heavy atom. The number of sulfonamides is 1. The van der Waals surface area contributed by atoms with Crippen molar-refractivity contribution >= 4 is 21.6 Å². The van der Waals surface area contributed by atoms with Crippen LogP contribution in [0.15, 0.2) is 23.1 Å². The Labute approximate surface area is 107 Å². The van der Waals surface area contributed by atoms with Gasteiger partial charge in [0.1, 0.15) is 0 Å². The molecule has 0 aromatic heterocycles. The fourth-order valence-electron chi connectivity index (χ4n) is 1.29. The van der Waals surface area contributed by atoms with Gasteiger partial charge in [0, 0.05) is 25.7 Å². The summed E-state index contributed by atoms with van der Waals surface area (Å²) in [4.78, 5) is 10.7. The van der Waals surface area contributed by atoms with E-state index in [-0.39, 0.29) is 23.9 Å². The average Bonchev–Trinajstić information content (AvgIpc) is 2.28. The molecule has 1 aromatic carbocycles. The Morgan fingerprint density at radius 2 is 2.00 bits per heavy atom. The van der Waals surface area contributed by atoms with E-state index in [0.29, 0.717) is 5.69 Å². The highest BCUT2D eigenvalue weighted by atomic mass is 32.2. The summed E-state index contributed by atoms with van der Waals surface area (Å²) < 4.78 is 26.1. The van der Waals surface area contributed by atoms with Gasteiger partial charge in [-0.25, -0.2) is 13.1 Å². The van der Waals surface area contributed by atoms with Crippen LogP contribution in [0.2, 0.25) is 0 Å². The zero-order valence-corrected chi connectivity index (χ0v) is 11.2.